The van der Waals surface area contributed by atoms with E-state index in [-0.39, 0.29) is 5.91 Å². The van der Waals surface area contributed by atoms with Gasteiger partial charge in [0.25, 0.3) is 0 Å². The molecule has 2 heterocycles. The van der Waals surface area contributed by atoms with Gasteiger partial charge in [0.15, 0.2) is 0 Å². The molecule has 5 heteroatoms. The zero-order chi connectivity index (χ0) is 16.2. The largest absolute Gasteiger partial charge is 0.368 e. The first kappa shape index (κ1) is 16.0. The van der Waals surface area contributed by atoms with Crippen molar-refractivity contribution in [1.82, 2.24) is 10.2 Å². The van der Waals surface area contributed by atoms with E-state index in [0.717, 1.165) is 31.5 Å². The molecular formula is C18H25N3O2. The number of benzene rings is 1. The van der Waals surface area contributed by atoms with E-state index in [1.165, 1.54) is 0 Å². The summed E-state index contributed by atoms with van der Waals surface area (Å²) in [5.74, 6) is 0.645. The van der Waals surface area contributed by atoms with Crippen LogP contribution in [0, 0.1) is 11.8 Å². The number of hydrogen-bond acceptors (Lipinski definition) is 3. The molecule has 0 unspecified atom stereocenters. The summed E-state index contributed by atoms with van der Waals surface area (Å²) in [5.41, 5.74) is 6.66. The van der Waals surface area contributed by atoms with Gasteiger partial charge in [0.1, 0.15) is 6.04 Å². The molecule has 0 bridgehead atoms. The minimum Gasteiger partial charge on any atom is -0.368 e. The third-order valence-corrected chi connectivity index (χ3v) is 5.24. The van der Waals surface area contributed by atoms with E-state index >= 15 is 0 Å². The van der Waals surface area contributed by atoms with Crippen molar-refractivity contribution in [2.75, 3.05) is 19.6 Å². The van der Waals surface area contributed by atoms with Gasteiger partial charge in [0.2, 0.25) is 11.8 Å². The highest BCUT2D eigenvalue weighted by atomic mass is 16.2. The van der Waals surface area contributed by atoms with Crippen molar-refractivity contribution in [2.45, 2.75) is 31.7 Å². The van der Waals surface area contributed by atoms with Crippen LogP contribution >= 0.6 is 0 Å². The zero-order valence-corrected chi connectivity index (χ0v) is 13.4. The number of amides is 2. The number of carbonyl (C=O) groups excluding carboxylic acids is 2. The van der Waals surface area contributed by atoms with Crippen LogP contribution in [0.2, 0.25) is 0 Å². The van der Waals surface area contributed by atoms with E-state index in [4.69, 9.17) is 5.73 Å². The lowest BCUT2D eigenvalue weighted by Crippen LogP contribution is -2.49. The summed E-state index contributed by atoms with van der Waals surface area (Å²) >= 11 is 0. The van der Waals surface area contributed by atoms with Gasteiger partial charge >= 0.3 is 0 Å². The molecule has 23 heavy (non-hydrogen) atoms. The van der Waals surface area contributed by atoms with Crippen LogP contribution in [0.4, 0.5) is 0 Å². The molecule has 2 fully saturated rings. The highest BCUT2D eigenvalue weighted by Crippen LogP contribution is 2.30. The molecule has 5 nitrogen and oxygen atoms in total. The smallest absolute Gasteiger partial charge is 0.240 e. The Balaban J connectivity index is 1.76. The van der Waals surface area contributed by atoms with Gasteiger partial charge in [-0.05, 0) is 43.3 Å². The highest BCUT2D eigenvalue weighted by Gasteiger charge is 2.36. The van der Waals surface area contributed by atoms with Gasteiger partial charge < -0.3 is 16.0 Å². The summed E-state index contributed by atoms with van der Waals surface area (Å²) in [7, 11) is 0. The quantitative estimate of drug-likeness (QED) is 0.868. The molecule has 2 aliphatic heterocycles. The molecule has 1 aromatic carbocycles. The van der Waals surface area contributed by atoms with Crippen LogP contribution in [-0.4, -0.2) is 42.4 Å². The topological polar surface area (TPSA) is 75.4 Å². The number of piperidine rings is 1. The molecule has 0 aromatic heterocycles. The standard InChI is InChI=1S/C18H25N3O2/c19-18(23)16(10-13-4-2-1-3-5-13)21-9-7-15-12-20-8-6-14(15)11-17(21)22/h1-5,14-16,20H,6-12H2,(H2,19,23)/t14-,15+,16-/m0/s1. The van der Waals surface area contributed by atoms with Crippen molar-refractivity contribution < 1.29 is 9.59 Å². The summed E-state index contributed by atoms with van der Waals surface area (Å²) in [6.45, 7) is 2.59. The Hall–Kier alpha value is -1.88. The summed E-state index contributed by atoms with van der Waals surface area (Å²) in [6, 6.07) is 9.23. The fourth-order valence-corrected chi connectivity index (χ4v) is 3.89. The molecule has 0 radical (unpaired) electrons. The Kier molecular flexibility index (Phi) is 4.96. The number of carbonyl (C=O) groups is 2. The first-order chi connectivity index (χ1) is 11.1. The van der Waals surface area contributed by atoms with Crippen LogP contribution in [0.3, 0.4) is 0 Å². The lowest BCUT2D eigenvalue weighted by atomic mass is 9.83. The molecule has 0 spiro atoms. The van der Waals surface area contributed by atoms with Gasteiger partial charge in [-0.15, -0.1) is 0 Å². The predicted octanol–water partition coefficient (Wildman–Crippen LogP) is 0.931. The monoisotopic (exact) mass is 315 g/mol. The highest BCUT2D eigenvalue weighted by molar-refractivity contribution is 5.87. The van der Waals surface area contributed by atoms with Gasteiger partial charge in [-0.2, -0.15) is 0 Å². The van der Waals surface area contributed by atoms with Crippen molar-refractivity contribution in [3.05, 3.63) is 35.9 Å². The summed E-state index contributed by atoms with van der Waals surface area (Å²) < 4.78 is 0. The number of primary amides is 1. The van der Waals surface area contributed by atoms with Gasteiger partial charge in [0, 0.05) is 19.4 Å². The number of rotatable bonds is 4. The molecule has 3 atom stereocenters. The fraction of sp³-hybridized carbons (Fsp3) is 0.556. The number of likely N-dealkylation sites (tertiary alicyclic amines) is 1. The second-order valence-corrected chi connectivity index (χ2v) is 6.70. The van der Waals surface area contributed by atoms with Crippen LogP contribution in [0.25, 0.3) is 0 Å². The van der Waals surface area contributed by atoms with E-state index in [1.807, 2.05) is 30.3 Å². The molecule has 3 N–H and O–H groups in total. The number of nitrogens with zero attached hydrogens (tertiary/aromatic N) is 1. The Bertz CT molecular complexity index is 561. The molecule has 2 aliphatic rings. The average molecular weight is 315 g/mol. The minimum absolute atomic E-state index is 0.0825. The maximum atomic E-state index is 12.7. The molecule has 2 saturated heterocycles. The Morgan fingerprint density at radius 2 is 2.04 bits per heavy atom. The lowest BCUT2D eigenvalue weighted by Gasteiger charge is -2.29. The molecular weight excluding hydrogens is 290 g/mol. The maximum Gasteiger partial charge on any atom is 0.240 e. The second-order valence-electron chi connectivity index (χ2n) is 6.70. The third-order valence-electron chi connectivity index (χ3n) is 5.24. The van der Waals surface area contributed by atoms with Crippen molar-refractivity contribution in [1.29, 1.82) is 0 Å². The van der Waals surface area contributed by atoms with E-state index < -0.39 is 11.9 Å². The second kappa shape index (κ2) is 7.13. The predicted molar refractivity (Wildman–Crippen MR) is 88.5 cm³/mol. The fourth-order valence-electron chi connectivity index (χ4n) is 3.89. The van der Waals surface area contributed by atoms with Gasteiger partial charge in [0.05, 0.1) is 0 Å². The summed E-state index contributed by atoms with van der Waals surface area (Å²) in [5, 5.41) is 3.41. The van der Waals surface area contributed by atoms with Crippen molar-refractivity contribution >= 4 is 11.8 Å². The van der Waals surface area contributed by atoms with Crippen LogP contribution in [0.15, 0.2) is 30.3 Å². The van der Waals surface area contributed by atoms with E-state index in [0.29, 0.717) is 31.2 Å². The van der Waals surface area contributed by atoms with Crippen molar-refractivity contribution in [3.8, 4) is 0 Å². The first-order valence-electron chi connectivity index (χ1n) is 8.48. The van der Waals surface area contributed by atoms with Crippen LogP contribution in [0.1, 0.15) is 24.8 Å². The van der Waals surface area contributed by atoms with Gasteiger partial charge in [-0.25, -0.2) is 0 Å². The zero-order valence-electron chi connectivity index (χ0n) is 13.4. The Morgan fingerprint density at radius 3 is 2.78 bits per heavy atom. The number of fused-ring (bicyclic) bond motifs is 1. The summed E-state index contributed by atoms with van der Waals surface area (Å²) in [6.07, 6.45) is 3.03. The number of nitrogens with two attached hydrogens (primary N) is 1. The normalized spacial score (nSPS) is 26.3. The van der Waals surface area contributed by atoms with Gasteiger partial charge in [-0.1, -0.05) is 30.3 Å². The average Bonchev–Trinajstić information content (AvgIpc) is 2.72. The summed E-state index contributed by atoms with van der Waals surface area (Å²) in [4.78, 5) is 26.4. The molecule has 1 aromatic rings. The van der Waals surface area contributed by atoms with Crippen molar-refractivity contribution in [3.63, 3.8) is 0 Å². The third kappa shape index (κ3) is 3.72. The van der Waals surface area contributed by atoms with E-state index in [2.05, 4.69) is 5.32 Å². The minimum atomic E-state index is -0.544. The first-order valence-corrected chi connectivity index (χ1v) is 8.48. The Morgan fingerprint density at radius 1 is 1.26 bits per heavy atom. The SMILES string of the molecule is NC(=O)[C@H](Cc1ccccc1)N1CC[C@@H]2CNCC[C@H]2CC1=O. The molecule has 124 valence electrons. The Labute approximate surface area is 137 Å². The van der Waals surface area contributed by atoms with Crippen molar-refractivity contribution in [2.24, 2.45) is 17.6 Å². The van der Waals surface area contributed by atoms with Crippen LogP contribution in [0.5, 0.6) is 0 Å². The van der Waals surface area contributed by atoms with Gasteiger partial charge in [-0.3, -0.25) is 9.59 Å². The van der Waals surface area contributed by atoms with Crippen LogP contribution in [-0.2, 0) is 16.0 Å². The maximum absolute atomic E-state index is 12.7. The lowest BCUT2D eigenvalue weighted by molar-refractivity contribution is -0.139. The van der Waals surface area contributed by atoms with Crippen LogP contribution < -0.4 is 11.1 Å². The van der Waals surface area contributed by atoms with E-state index in [9.17, 15) is 9.59 Å². The molecule has 3 rings (SSSR count). The number of nitrogens with one attached hydrogen (secondary N) is 1. The molecule has 2 amide bonds. The molecule has 0 saturated carbocycles. The molecule has 0 aliphatic carbocycles. The van der Waals surface area contributed by atoms with E-state index in [1.54, 1.807) is 4.90 Å². The number of hydrogen-bond donors (Lipinski definition) is 2.